The SMILES string of the molecule is C#CC(C)(NC(=O)C(C)O)C(C)C. The Labute approximate surface area is 79.5 Å². The Balaban J connectivity index is 4.48. The number of nitrogens with one attached hydrogen (secondary N) is 1. The third-order valence-electron chi connectivity index (χ3n) is 2.22. The van der Waals surface area contributed by atoms with E-state index in [1.54, 1.807) is 6.92 Å². The number of aliphatic hydroxyl groups excluding tert-OH is 1. The van der Waals surface area contributed by atoms with E-state index in [9.17, 15) is 4.79 Å². The van der Waals surface area contributed by atoms with E-state index in [4.69, 9.17) is 11.5 Å². The molecule has 0 aromatic rings. The summed E-state index contributed by atoms with van der Waals surface area (Å²) < 4.78 is 0. The van der Waals surface area contributed by atoms with Gasteiger partial charge in [0.15, 0.2) is 0 Å². The van der Waals surface area contributed by atoms with Crippen LogP contribution in [-0.4, -0.2) is 22.7 Å². The molecule has 0 bridgehead atoms. The van der Waals surface area contributed by atoms with Gasteiger partial charge in [0.1, 0.15) is 11.6 Å². The normalized spacial score (nSPS) is 17.3. The lowest BCUT2D eigenvalue weighted by molar-refractivity contribution is -0.130. The van der Waals surface area contributed by atoms with Crippen molar-refractivity contribution in [1.82, 2.24) is 5.32 Å². The van der Waals surface area contributed by atoms with Crippen LogP contribution in [0.3, 0.4) is 0 Å². The largest absolute Gasteiger partial charge is 0.384 e. The van der Waals surface area contributed by atoms with Crippen LogP contribution in [0.2, 0.25) is 0 Å². The average Bonchev–Trinajstić information content (AvgIpc) is 2.03. The summed E-state index contributed by atoms with van der Waals surface area (Å²) in [6.07, 6.45) is 4.29. The van der Waals surface area contributed by atoms with Crippen molar-refractivity contribution in [2.45, 2.75) is 39.3 Å². The number of terminal acetylenes is 1. The molecule has 13 heavy (non-hydrogen) atoms. The lowest BCUT2D eigenvalue weighted by Gasteiger charge is -2.29. The number of amides is 1. The maximum atomic E-state index is 11.2. The lowest BCUT2D eigenvalue weighted by Crippen LogP contribution is -2.51. The van der Waals surface area contributed by atoms with E-state index < -0.39 is 17.6 Å². The summed E-state index contributed by atoms with van der Waals surface area (Å²) in [6, 6.07) is 0. The molecule has 0 aromatic carbocycles. The van der Waals surface area contributed by atoms with Crippen molar-refractivity contribution >= 4 is 5.91 Å². The highest BCUT2D eigenvalue weighted by atomic mass is 16.3. The lowest BCUT2D eigenvalue weighted by atomic mass is 9.89. The van der Waals surface area contributed by atoms with Crippen molar-refractivity contribution in [2.24, 2.45) is 5.92 Å². The van der Waals surface area contributed by atoms with Gasteiger partial charge in [-0.1, -0.05) is 19.8 Å². The molecular formula is C10H17NO2. The Hall–Kier alpha value is -1.01. The molecule has 0 radical (unpaired) electrons. The number of aliphatic hydroxyl groups is 1. The number of carbonyl (C=O) groups is 1. The van der Waals surface area contributed by atoms with Crippen LogP contribution in [0, 0.1) is 18.3 Å². The smallest absolute Gasteiger partial charge is 0.249 e. The Bertz CT molecular complexity index is 228. The molecule has 0 spiro atoms. The van der Waals surface area contributed by atoms with Gasteiger partial charge in [0.2, 0.25) is 5.91 Å². The van der Waals surface area contributed by atoms with Crippen molar-refractivity contribution in [2.75, 3.05) is 0 Å². The molecule has 0 aliphatic carbocycles. The number of carbonyl (C=O) groups excluding carboxylic acids is 1. The molecule has 0 saturated carbocycles. The Morgan fingerprint density at radius 2 is 2.00 bits per heavy atom. The van der Waals surface area contributed by atoms with Crippen molar-refractivity contribution in [1.29, 1.82) is 0 Å². The van der Waals surface area contributed by atoms with Crippen LogP contribution in [0.1, 0.15) is 27.7 Å². The van der Waals surface area contributed by atoms with Crippen molar-refractivity contribution < 1.29 is 9.90 Å². The zero-order chi connectivity index (χ0) is 10.6. The zero-order valence-electron chi connectivity index (χ0n) is 8.59. The van der Waals surface area contributed by atoms with Crippen LogP contribution in [0.25, 0.3) is 0 Å². The molecule has 74 valence electrons. The summed E-state index contributed by atoms with van der Waals surface area (Å²) >= 11 is 0. The highest BCUT2D eigenvalue weighted by molar-refractivity contribution is 5.81. The molecule has 1 amide bonds. The van der Waals surface area contributed by atoms with E-state index >= 15 is 0 Å². The molecule has 0 saturated heterocycles. The molecule has 2 atom stereocenters. The van der Waals surface area contributed by atoms with Crippen LogP contribution in [0.15, 0.2) is 0 Å². The van der Waals surface area contributed by atoms with E-state index in [1.807, 2.05) is 13.8 Å². The summed E-state index contributed by atoms with van der Waals surface area (Å²) in [5.41, 5.74) is -0.686. The second-order valence-corrected chi connectivity index (χ2v) is 3.67. The predicted molar refractivity (Wildman–Crippen MR) is 51.9 cm³/mol. The predicted octanol–water partition coefficient (Wildman–Crippen LogP) is 0.531. The van der Waals surface area contributed by atoms with Crippen molar-refractivity contribution in [3.63, 3.8) is 0 Å². The van der Waals surface area contributed by atoms with Gasteiger partial charge in [-0.2, -0.15) is 0 Å². The van der Waals surface area contributed by atoms with Gasteiger partial charge in [0.25, 0.3) is 0 Å². The van der Waals surface area contributed by atoms with E-state index in [2.05, 4.69) is 11.2 Å². The molecule has 3 heteroatoms. The molecule has 2 unspecified atom stereocenters. The fraction of sp³-hybridized carbons (Fsp3) is 0.700. The molecule has 0 aliphatic rings. The van der Waals surface area contributed by atoms with Crippen LogP contribution >= 0.6 is 0 Å². The third-order valence-corrected chi connectivity index (χ3v) is 2.22. The van der Waals surface area contributed by atoms with E-state index in [0.29, 0.717) is 0 Å². The molecule has 0 fully saturated rings. The summed E-state index contributed by atoms with van der Waals surface area (Å²) in [4.78, 5) is 11.2. The van der Waals surface area contributed by atoms with Gasteiger partial charge in [-0.05, 0) is 19.8 Å². The maximum absolute atomic E-state index is 11.2. The van der Waals surface area contributed by atoms with Crippen molar-refractivity contribution in [3.05, 3.63) is 0 Å². The first-order chi connectivity index (χ1) is 5.83. The fourth-order valence-electron chi connectivity index (χ4n) is 0.707. The Morgan fingerprint density at radius 3 is 2.23 bits per heavy atom. The molecule has 3 nitrogen and oxygen atoms in total. The standard InChI is InChI=1S/C10H17NO2/c1-6-10(5,7(2)3)11-9(13)8(4)12/h1,7-8,12H,2-5H3,(H,11,13). The molecule has 0 heterocycles. The van der Waals surface area contributed by atoms with Crippen LogP contribution in [0.5, 0.6) is 0 Å². The maximum Gasteiger partial charge on any atom is 0.249 e. The molecule has 2 N–H and O–H groups in total. The topological polar surface area (TPSA) is 49.3 Å². The van der Waals surface area contributed by atoms with Gasteiger partial charge >= 0.3 is 0 Å². The van der Waals surface area contributed by atoms with Crippen molar-refractivity contribution in [3.8, 4) is 12.3 Å². The number of hydrogen-bond donors (Lipinski definition) is 2. The minimum atomic E-state index is -1.02. The Kier molecular flexibility index (Phi) is 3.96. The minimum absolute atomic E-state index is 0.125. The minimum Gasteiger partial charge on any atom is -0.384 e. The van der Waals surface area contributed by atoms with Crippen LogP contribution < -0.4 is 5.32 Å². The molecule has 0 aliphatic heterocycles. The van der Waals surface area contributed by atoms with E-state index in [1.165, 1.54) is 6.92 Å². The first kappa shape index (κ1) is 12.0. The number of rotatable bonds is 3. The van der Waals surface area contributed by atoms with Gasteiger partial charge in [-0.25, -0.2) is 0 Å². The highest BCUT2D eigenvalue weighted by Gasteiger charge is 2.28. The van der Waals surface area contributed by atoms with Gasteiger partial charge in [-0.3, -0.25) is 4.79 Å². The van der Waals surface area contributed by atoms with Gasteiger partial charge in [0.05, 0.1) is 0 Å². The first-order valence-corrected chi connectivity index (χ1v) is 4.31. The summed E-state index contributed by atoms with van der Waals surface area (Å²) in [5, 5.41) is 11.6. The second-order valence-electron chi connectivity index (χ2n) is 3.67. The summed E-state index contributed by atoms with van der Waals surface area (Å²) in [5.74, 6) is 2.21. The molecule has 0 rings (SSSR count). The number of hydrogen-bond acceptors (Lipinski definition) is 2. The van der Waals surface area contributed by atoms with Gasteiger partial charge in [0, 0.05) is 0 Å². The molecular weight excluding hydrogens is 166 g/mol. The van der Waals surface area contributed by atoms with Crippen LogP contribution in [-0.2, 0) is 4.79 Å². The average molecular weight is 183 g/mol. The van der Waals surface area contributed by atoms with Crippen LogP contribution in [0.4, 0.5) is 0 Å². The van der Waals surface area contributed by atoms with Gasteiger partial charge < -0.3 is 10.4 Å². The van der Waals surface area contributed by atoms with Gasteiger partial charge in [-0.15, -0.1) is 6.42 Å². The second kappa shape index (κ2) is 4.29. The summed E-state index contributed by atoms with van der Waals surface area (Å²) in [6.45, 7) is 7.01. The van der Waals surface area contributed by atoms with E-state index in [-0.39, 0.29) is 5.92 Å². The fourth-order valence-corrected chi connectivity index (χ4v) is 0.707. The zero-order valence-corrected chi connectivity index (χ0v) is 8.59. The summed E-state index contributed by atoms with van der Waals surface area (Å²) in [7, 11) is 0. The first-order valence-electron chi connectivity index (χ1n) is 4.31. The highest BCUT2D eigenvalue weighted by Crippen LogP contribution is 2.14. The quantitative estimate of drug-likeness (QED) is 0.627. The van der Waals surface area contributed by atoms with E-state index in [0.717, 1.165) is 0 Å². The monoisotopic (exact) mass is 183 g/mol. The third kappa shape index (κ3) is 3.08. The Morgan fingerprint density at radius 1 is 1.54 bits per heavy atom. The molecule has 0 aromatic heterocycles.